The predicted molar refractivity (Wildman–Crippen MR) is 47.3 cm³/mol. The Morgan fingerprint density at radius 2 is 2.40 bits per heavy atom. The van der Waals surface area contributed by atoms with Gasteiger partial charge in [0.1, 0.15) is 5.82 Å². The van der Waals surface area contributed by atoms with Crippen molar-refractivity contribution < 1.29 is 0 Å². The third-order valence-electron chi connectivity index (χ3n) is 1.12. The third kappa shape index (κ3) is 2.32. The van der Waals surface area contributed by atoms with Crippen LogP contribution in [-0.4, -0.2) is 17.7 Å². The van der Waals surface area contributed by atoms with E-state index >= 15 is 0 Å². The fraction of sp³-hybridized carbons (Fsp3) is 0.286. The molecule has 0 saturated carbocycles. The Morgan fingerprint density at radius 1 is 1.50 bits per heavy atom. The standard InChI is InChI=1S/C7H11N2P/c10-6-5-9-7-3-1-2-4-8-7/h1-4H,5-6,10H2,(H,8,9). The van der Waals surface area contributed by atoms with Gasteiger partial charge in [-0.1, -0.05) is 6.07 Å². The number of nitrogens with one attached hydrogen (secondary N) is 1. The first-order valence-corrected chi connectivity index (χ1v) is 4.10. The van der Waals surface area contributed by atoms with Crippen molar-refractivity contribution in [2.75, 3.05) is 18.0 Å². The van der Waals surface area contributed by atoms with E-state index in [0.717, 1.165) is 18.5 Å². The molecule has 1 aromatic heterocycles. The van der Waals surface area contributed by atoms with Crippen LogP contribution in [0.15, 0.2) is 24.4 Å². The Kier molecular flexibility index (Phi) is 3.17. The van der Waals surface area contributed by atoms with Crippen LogP contribution in [0.25, 0.3) is 0 Å². The van der Waals surface area contributed by atoms with E-state index in [4.69, 9.17) is 0 Å². The highest BCUT2D eigenvalue weighted by atomic mass is 31.0. The van der Waals surface area contributed by atoms with E-state index in [2.05, 4.69) is 19.5 Å². The summed E-state index contributed by atoms with van der Waals surface area (Å²) in [7, 11) is 2.66. The maximum absolute atomic E-state index is 4.10. The van der Waals surface area contributed by atoms with Crippen LogP contribution in [0.5, 0.6) is 0 Å². The van der Waals surface area contributed by atoms with Gasteiger partial charge in [-0.25, -0.2) is 4.98 Å². The fourth-order valence-corrected chi connectivity index (χ4v) is 0.812. The highest BCUT2D eigenvalue weighted by molar-refractivity contribution is 7.16. The van der Waals surface area contributed by atoms with E-state index in [0.29, 0.717) is 0 Å². The largest absolute Gasteiger partial charge is 0.370 e. The molecule has 0 amide bonds. The van der Waals surface area contributed by atoms with Gasteiger partial charge in [-0.15, -0.1) is 9.24 Å². The zero-order valence-corrected chi connectivity index (χ0v) is 6.90. The number of pyridine rings is 1. The molecule has 0 radical (unpaired) electrons. The zero-order chi connectivity index (χ0) is 7.23. The second kappa shape index (κ2) is 4.24. The molecular formula is C7H11N2P. The molecule has 1 aromatic rings. The molecule has 0 aliphatic rings. The van der Waals surface area contributed by atoms with Gasteiger partial charge in [-0.05, 0) is 18.3 Å². The summed E-state index contributed by atoms with van der Waals surface area (Å²) in [5.41, 5.74) is 0. The van der Waals surface area contributed by atoms with Gasteiger partial charge in [-0.2, -0.15) is 0 Å². The second-order valence-corrected chi connectivity index (χ2v) is 2.51. The molecule has 3 heteroatoms. The molecule has 0 aromatic carbocycles. The van der Waals surface area contributed by atoms with Crippen LogP contribution in [0, 0.1) is 0 Å². The van der Waals surface area contributed by atoms with E-state index in [1.54, 1.807) is 6.20 Å². The summed E-state index contributed by atoms with van der Waals surface area (Å²) in [4.78, 5) is 4.10. The normalized spacial score (nSPS) is 9.30. The molecule has 1 unspecified atom stereocenters. The van der Waals surface area contributed by atoms with Crippen LogP contribution < -0.4 is 5.32 Å². The van der Waals surface area contributed by atoms with Crippen molar-refractivity contribution in [1.29, 1.82) is 0 Å². The summed E-state index contributed by atoms with van der Waals surface area (Å²) < 4.78 is 0. The predicted octanol–water partition coefficient (Wildman–Crippen LogP) is 1.37. The second-order valence-electron chi connectivity index (χ2n) is 1.93. The number of anilines is 1. The highest BCUT2D eigenvalue weighted by Crippen LogP contribution is 1.98. The van der Waals surface area contributed by atoms with Crippen LogP contribution in [0.4, 0.5) is 5.82 Å². The Morgan fingerprint density at radius 3 is 3.00 bits per heavy atom. The van der Waals surface area contributed by atoms with Gasteiger partial charge in [-0.3, -0.25) is 0 Å². The van der Waals surface area contributed by atoms with Crippen molar-refractivity contribution >= 4 is 15.1 Å². The van der Waals surface area contributed by atoms with Gasteiger partial charge < -0.3 is 5.32 Å². The van der Waals surface area contributed by atoms with Crippen molar-refractivity contribution in [3.8, 4) is 0 Å². The van der Waals surface area contributed by atoms with Gasteiger partial charge in [0.05, 0.1) is 0 Å². The van der Waals surface area contributed by atoms with Gasteiger partial charge in [0.25, 0.3) is 0 Å². The molecule has 0 fully saturated rings. The number of rotatable bonds is 3. The molecule has 1 atom stereocenters. The van der Waals surface area contributed by atoms with Crippen LogP contribution in [0.3, 0.4) is 0 Å². The lowest BCUT2D eigenvalue weighted by atomic mass is 10.4. The van der Waals surface area contributed by atoms with E-state index < -0.39 is 0 Å². The lowest BCUT2D eigenvalue weighted by Crippen LogP contribution is -2.02. The first kappa shape index (κ1) is 7.49. The molecular weight excluding hydrogens is 143 g/mol. The van der Waals surface area contributed by atoms with Gasteiger partial charge in [0.2, 0.25) is 0 Å². The molecule has 2 nitrogen and oxygen atoms in total. The van der Waals surface area contributed by atoms with Crippen molar-refractivity contribution in [3.63, 3.8) is 0 Å². The first-order valence-electron chi connectivity index (χ1n) is 3.28. The number of hydrogen-bond acceptors (Lipinski definition) is 2. The Bertz CT molecular complexity index is 176. The number of hydrogen-bond donors (Lipinski definition) is 1. The highest BCUT2D eigenvalue weighted by Gasteiger charge is 1.85. The molecule has 10 heavy (non-hydrogen) atoms. The Balaban J connectivity index is 2.43. The van der Waals surface area contributed by atoms with Crippen molar-refractivity contribution in [1.82, 2.24) is 4.98 Å². The van der Waals surface area contributed by atoms with Crippen LogP contribution >= 0.6 is 9.24 Å². The molecule has 1 heterocycles. The molecule has 0 spiro atoms. The Hall–Kier alpha value is -0.620. The van der Waals surface area contributed by atoms with Crippen molar-refractivity contribution in [2.24, 2.45) is 0 Å². The maximum Gasteiger partial charge on any atom is 0.125 e. The summed E-state index contributed by atoms with van der Waals surface area (Å²) in [5, 5.41) is 3.16. The quantitative estimate of drug-likeness (QED) is 0.665. The maximum atomic E-state index is 4.10. The van der Waals surface area contributed by atoms with Crippen LogP contribution in [0.1, 0.15) is 0 Å². The Labute approximate surface area is 63.3 Å². The van der Waals surface area contributed by atoms with E-state index in [1.165, 1.54) is 0 Å². The minimum absolute atomic E-state index is 0.949. The SMILES string of the molecule is PCCNc1ccccn1. The number of aromatic nitrogens is 1. The van der Waals surface area contributed by atoms with E-state index in [1.807, 2.05) is 18.2 Å². The monoisotopic (exact) mass is 154 g/mol. The minimum atomic E-state index is 0.949. The summed E-state index contributed by atoms with van der Waals surface area (Å²) >= 11 is 0. The number of nitrogens with zero attached hydrogens (tertiary/aromatic N) is 1. The molecule has 1 rings (SSSR count). The van der Waals surface area contributed by atoms with E-state index in [-0.39, 0.29) is 0 Å². The van der Waals surface area contributed by atoms with Gasteiger partial charge >= 0.3 is 0 Å². The lowest BCUT2D eigenvalue weighted by molar-refractivity contribution is 1.17. The minimum Gasteiger partial charge on any atom is -0.370 e. The summed E-state index contributed by atoms with van der Waals surface area (Å²) in [6.07, 6.45) is 2.84. The summed E-state index contributed by atoms with van der Waals surface area (Å²) in [6, 6.07) is 5.84. The molecule has 0 aliphatic carbocycles. The smallest absolute Gasteiger partial charge is 0.125 e. The average Bonchev–Trinajstić information content (AvgIpc) is 2.03. The summed E-state index contributed by atoms with van der Waals surface area (Å²) in [5.74, 6) is 0.949. The summed E-state index contributed by atoms with van der Waals surface area (Å²) in [6.45, 7) is 0.960. The molecule has 54 valence electrons. The third-order valence-corrected chi connectivity index (χ3v) is 1.40. The zero-order valence-electron chi connectivity index (χ0n) is 5.75. The van der Waals surface area contributed by atoms with Crippen LogP contribution in [-0.2, 0) is 0 Å². The average molecular weight is 154 g/mol. The molecule has 1 N–H and O–H groups in total. The topological polar surface area (TPSA) is 24.9 Å². The lowest BCUT2D eigenvalue weighted by Gasteiger charge is -2.00. The molecule has 0 aliphatic heterocycles. The first-order chi connectivity index (χ1) is 4.93. The van der Waals surface area contributed by atoms with Crippen LogP contribution in [0.2, 0.25) is 0 Å². The molecule has 0 bridgehead atoms. The van der Waals surface area contributed by atoms with Crippen molar-refractivity contribution in [2.45, 2.75) is 0 Å². The molecule has 0 saturated heterocycles. The van der Waals surface area contributed by atoms with Crippen molar-refractivity contribution in [3.05, 3.63) is 24.4 Å². The van der Waals surface area contributed by atoms with Gasteiger partial charge in [0, 0.05) is 12.7 Å². The van der Waals surface area contributed by atoms with Gasteiger partial charge in [0.15, 0.2) is 0 Å². The fourth-order valence-electron chi connectivity index (χ4n) is 0.668. The van der Waals surface area contributed by atoms with E-state index in [9.17, 15) is 0 Å².